The lowest BCUT2D eigenvalue weighted by molar-refractivity contribution is -0.0976. The van der Waals surface area contributed by atoms with Crippen LogP contribution in [0.5, 0.6) is 0 Å². The van der Waals surface area contributed by atoms with Gasteiger partial charge in [-0.2, -0.15) is 0 Å². The van der Waals surface area contributed by atoms with E-state index < -0.39 is 24.5 Å². The zero-order valence-electron chi connectivity index (χ0n) is 11.8. The second-order valence-electron chi connectivity index (χ2n) is 4.58. The molecule has 0 saturated heterocycles. The quantitative estimate of drug-likeness (QED) is 0.700. The normalized spacial score (nSPS) is 23.8. The number of amides is 1. The van der Waals surface area contributed by atoms with Crippen molar-refractivity contribution in [2.24, 2.45) is 0 Å². The van der Waals surface area contributed by atoms with E-state index in [1.807, 2.05) is 0 Å². The first-order valence-corrected chi connectivity index (χ1v) is 4.73. The zero-order chi connectivity index (χ0) is 13.3. The van der Waals surface area contributed by atoms with Crippen LogP contribution in [0.1, 0.15) is 44.1 Å². The number of hydrogen-bond donors (Lipinski definition) is 1. The Morgan fingerprint density at radius 1 is 1.50 bits per heavy atom. The molecule has 0 bridgehead atoms. The summed E-state index contributed by atoms with van der Waals surface area (Å²) in [5, 5.41) is 2.50. The zero-order valence-corrected chi connectivity index (χ0v) is 8.85. The Morgan fingerprint density at radius 2 is 2.14 bits per heavy atom. The third kappa shape index (κ3) is 2.87. The van der Waals surface area contributed by atoms with Crippen molar-refractivity contribution in [2.45, 2.75) is 51.4 Å². The van der Waals surface area contributed by atoms with Crippen molar-refractivity contribution in [2.75, 3.05) is 7.04 Å². The minimum absolute atomic E-state index is 0.491. The Bertz CT molecular complexity index is 292. The summed E-state index contributed by atoms with van der Waals surface area (Å²) >= 11 is 0. The first-order chi connectivity index (χ1) is 7.52. The summed E-state index contributed by atoms with van der Waals surface area (Å²) in [6.45, 7) is 5.22. The van der Waals surface area contributed by atoms with Gasteiger partial charge in [0.05, 0.1) is 4.11 Å². The van der Waals surface area contributed by atoms with Crippen LogP contribution in [-0.2, 0) is 9.47 Å². The standard InChI is InChI=1S/C10H19NO3/c1-9(2,3)14-8(12)11-10(13-4)6-5-7-10/h5-7H2,1-4H3,(H,11,12)/i4D3. The van der Waals surface area contributed by atoms with Crippen molar-refractivity contribution in [3.05, 3.63) is 0 Å². The SMILES string of the molecule is [2H]C([2H])([2H])OC1(NC(=O)OC(C)(C)C)CCC1. The van der Waals surface area contributed by atoms with Crippen molar-refractivity contribution < 1.29 is 18.4 Å². The van der Waals surface area contributed by atoms with Crippen molar-refractivity contribution in [1.82, 2.24) is 5.32 Å². The van der Waals surface area contributed by atoms with Crippen LogP contribution in [0.3, 0.4) is 0 Å². The number of carbonyl (C=O) groups excluding carboxylic acids is 1. The Morgan fingerprint density at radius 3 is 2.50 bits per heavy atom. The Kier molecular flexibility index (Phi) is 2.02. The molecule has 1 rings (SSSR count). The number of methoxy groups -OCH3 is 1. The molecule has 1 saturated carbocycles. The smallest absolute Gasteiger partial charge is 0.409 e. The molecule has 0 atom stereocenters. The fourth-order valence-electron chi connectivity index (χ4n) is 1.24. The van der Waals surface area contributed by atoms with Crippen LogP contribution >= 0.6 is 0 Å². The predicted octanol–water partition coefficient (Wildman–Crippen LogP) is 2.04. The number of nitrogens with one attached hydrogen (secondary N) is 1. The second-order valence-corrected chi connectivity index (χ2v) is 4.58. The van der Waals surface area contributed by atoms with E-state index in [0.29, 0.717) is 12.8 Å². The van der Waals surface area contributed by atoms with Gasteiger partial charge in [-0.15, -0.1) is 0 Å². The molecule has 4 nitrogen and oxygen atoms in total. The fraction of sp³-hybridized carbons (Fsp3) is 0.900. The molecule has 82 valence electrons. The van der Waals surface area contributed by atoms with E-state index in [2.05, 4.69) is 5.32 Å². The van der Waals surface area contributed by atoms with Gasteiger partial charge < -0.3 is 9.47 Å². The molecule has 0 aromatic carbocycles. The predicted molar refractivity (Wildman–Crippen MR) is 53.0 cm³/mol. The topological polar surface area (TPSA) is 47.6 Å². The van der Waals surface area contributed by atoms with Gasteiger partial charge in [-0.25, -0.2) is 4.79 Å². The lowest BCUT2D eigenvalue weighted by atomic mass is 9.88. The van der Waals surface area contributed by atoms with Gasteiger partial charge in [-0.05, 0) is 40.0 Å². The highest BCUT2D eigenvalue weighted by Gasteiger charge is 2.39. The average molecular weight is 204 g/mol. The summed E-state index contributed by atoms with van der Waals surface area (Å²) in [4.78, 5) is 11.6. The Hall–Kier alpha value is -0.770. The van der Waals surface area contributed by atoms with E-state index in [1.165, 1.54) is 0 Å². The number of hydrogen-bond acceptors (Lipinski definition) is 3. The maximum absolute atomic E-state index is 11.6. The van der Waals surface area contributed by atoms with Crippen molar-refractivity contribution in [1.29, 1.82) is 0 Å². The molecule has 14 heavy (non-hydrogen) atoms. The van der Waals surface area contributed by atoms with Crippen LogP contribution in [0.4, 0.5) is 4.79 Å². The summed E-state index contributed by atoms with van der Waals surface area (Å²) in [5.41, 5.74) is -1.71. The summed E-state index contributed by atoms with van der Waals surface area (Å²) < 4.78 is 31.2. The highest BCUT2D eigenvalue weighted by Crippen LogP contribution is 2.32. The van der Waals surface area contributed by atoms with Crippen molar-refractivity contribution >= 4 is 6.09 Å². The molecular formula is C10H19NO3. The molecule has 1 aliphatic rings. The molecule has 0 radical (unpaired) electrons. The molecule has 1 aliphatic carbocycles. The molecule has 0 aromatic rings. The van der Waals surface area contributed by atoms with E-state index in [1.54, 1.807) is 20.8 Å². The van der Waals surface area contributed by atoms with Crippen LogP contribution in [0.2, 0.25) is 0 Å². The second kappa shape index (κ2) is 3.77. The van der Waals surface area contributed by atoms with Gasteiger partial charge in [0, 0.05) is 7.04 Å². The van der Waals surface area contributed by atoms with Crippen molar-refractivity contribution in [3.8, 4) is 0 Å². The van der Waals surface area contributed by atoms with Crippen molar-refractivity contribution in [3.63, 3.8) is 0 Å². The summed E-state index contributed by atoms with van der Waals surface area (Å²) in [7, 11) is -2.52. The summed E-state index contributed by atoms with van der Waals surface area (Å²) in [6.07, 6.45) is 1.16. The first-order valence-electron chi connectivity index (χ1n) is 6.23. The molecule has 0 unspecified atom stereocenters. The summed E-state index contributed by atoms with van der Waals surface area (Å²) in [5.74, 6) is 0. The van der Waals surface area contributed by atoms with E-state index in [4.69, 9.17) is 13.6 Å². The highest BCUT2D eigenvalue weighted by molar-refractivity contribution is 5.68. The van der Waals surface area contributed by atoms with E-state index in [0.717, 1.165) is 6.42 Å². The number of carbonyl (C=O) groups is 1. The van der Waals surface area contributed by atoms with Gasteiger partial charge >= 0.3 is 6.09 Å². The molecule has 4 heteroatoms. The Labute approximate surface area is 89.2 Å². The minimum atomic E-state index is -2.52. The molecule has 1 N–H and O–H groups in total. The van der Waals surface area contributed by atoms with E-state index in [9.17, 15) is 4.79 Å². The van der Waals surface area contributed by atoms with Crippen LogP contribution < -0.4 is 5.32 Å². The maximum atomic E-state index is 11.6. The van der Waals surface area contributed by atoms with Gasteiger partial charge in [0.2, 0.25) is 0 Å². The minimum Gasteiger partial charge on any atom is -0.444 e. The van der Waals surface area contributed by atoms with Gasteiger partial charge in [0.15, 0.2) is 0 Å². The molecular weight excluding hydrogens is 182 g/mol. The van der Waals surface area contributed by atoms with Crippen LogP contribution in [0, 0.1) is 0 Å². The number of rotatable bonds is 2. The van der Waals surface area contributed by atoms with Gasteiger partial charge in [0.25, 0.3) is 0 Å². The lowest BCUT2D eigenvalue weighted by Gasteiger charge is -2.40. The lowest BCUT2D eigenvalue weighted by Crippen LogP contribution is -2.55. The van der Waals surface area contributed by atoms with Gasteiger partial charge in [0.1, 0.15) is 11.3 Å². The molecule has 1 fully saturated rings. The molecule has 0 spiro atoms. The molecule has 0 aliphatic heterocycles. The largest absolute Gasteiger partial charge is 0.444 e. The highest BCUT2D eigenvalue weighted by atomic mass is 16.6. The fourth-order valence-corrected chi connectivity index (χ4v) is 1.24. The summed E-state index contributed by atoms with van der Waals surface area (Å²) in [6, 6.07) is 0. The van der Waals surface area contributed by atoms with Gasteiger partial charge in [-0.3, -0.25) is 5.32 Å². The van der Waals surface area contributed by atoms with E-state index >= 15 is 0 Å². The maximum Gasteiger partial charge on any atom is 0.409 e. The number of alkyl carbamates (subject to hydrolysis) is 1. The van der Waals surface area contributed by atoms with Crippen LogP contribution in [-0.4, -0.2) is 24.5 Å². The monoisotopic (exact) mass is 204 g/mol. The molecule has 1 amide bonds. The third-order valence-electron chi connectivity index (χ3n) is 2.09. The van der Waals surface area contributed by atoms with Crippen LogP contribution in [0.25, 0.3) is 0 Å². The van der Waals surface area contributed by atoms with E-state index in [-0.39, 0.29) is 0 Å². The molecule has 0 heterocycles. The van der Waals surface area contributed by atoms with Gasteiger partial charge in [-0.1, -0.05) is 0 Å². The molecule has 0 aromatic heterocycles. The number of ether oxygens (including phenoxy) is 2. The van der Waals surface area contributed by atoms with Crippen LogP contribution in [0.15, 0.2) is 0 Å². The average Bonchev–Trinajstić information content (AvgIpc) is 1.93. The Balaban J connectivity index is 2.55. The first kappa shape index (κ1) is 7.51. The third-order valence-corrected chi connectivity index (χ3v) is 2.09.